The highest BCUT2D eigenvalue weighted by molar-refractivity contribution is 5.99. The fourth-order valence-electron chi connectivity index (χ4n) is 1.98. The highest BCUT2D eigenvalue weighted by Crippen LogP contribution is 2.27. The van der Waals surface area contributed by atoms with Gasteiger partial charge in [-0.15, -0.1) is 0 Å². The van der Waals surface area contributed by atoms with E-state index >= 15 is 0 Å². The Morgan fingerprint density at radius 1 is 1.04 bits per heavy atom. The number of benzene rings is 2. The summed E-state index contributed by atoms with van der Waals surface area (Å²) in [4.78, 5) is 24.0. The molecule has 0 aromatic heterocycles. The summed E-state index contributed by atoms with van der Waals surface area (Å²) < 4.78 is 24.0. The molecule has 0 radical (unpaired) electrons. The Labute approximate surface area is 138 Å². The van der Waals surface area contributed by atoms with E-state index < -0.39 is 17.6 Å². The standard InChI is InChI=1S/C17H17FN2O4/c1-3-24-15-10-11(8-9-14(15)23-2)16(21)19-20-17(22)12-6-4-5-7-13(12)18/h4-10H,3H2,1-2H3,(H,19,21)(H,20,22). The van der Waals surface area contributed by atoms with Crippen molar-refractivity contribution in [1.82, 2.24) is 10.9 Å². The van der Waals surface area contributed by atoms with Gasteiger partial charge in [-0.3, -0.25) is 20.4 Å². The van der Waals surface area contributed by atoms with Gasteiger partial charge in [0.25, 0.3) is 11.8 Å². The molecule has 0 bridgehead atoms. The molecule has 0 unspecified atom stereocenters. The molecule has 2 aromatic rings. The quantitative estimate of drug-likeness (QED) is 0.824. The van der Waals surface area contributed by atoms with Gasteiger partial charge in [0.15, 0.2) is 11.5 Å². The monoisotopic (exact) mass is 332 g/mol. The minimum Gasteiger partial charge on any atom is -0.493 e. The van der Waals surface area contributed by atoms with Gasteiger partial charge >= 0.3 is 0 Å². The Morgan fingerprint density at radius 2 is 1.75 bits per heavy atom. The molecule has 0 aliphatic rings. The molecule has 2 rings (SSSR count). The SMILES string of the molecule is CCOc1cc(C(=O)NNC(=O)c2ccccc2F)ccc1OC. The second-order valence-corrected chi connectivity index (χ2v) is 4.69. The zero-order valence-corrected chi connectivity index (χ0v) is 13.3. The summed E-state index contributed by atoms with van der Waals surface area (Å²) in [6.45, 7) is 2.21. The fraction of sp³-hybridized carbons (Fsp3) is 0.176. The number of ether oxygens (including phenoxy) is 2. The maximum atomic E-state index is 13.5. The van der Waals surface area contributed by atoms with Crippen LogP contribution in [0.25, 0.3) is 0 Å². The van der Waals surface area contributed by atoms with Crippen LogP contribution in [-0.4, -0.2) is 25.5 Å². The molecule has 0 spiro atoms. The Balaban J connectivity index is 2.06. The van der Waals surface area contributed by atoms with Gasteiger partial charge in [0, 0.05) is 5.56 Å². The van der Waals surface area contributed by atoms with E-state index in [1.807, 2.05) is 0 Å². The molecule has 0 heterocycles. The minimum atomic E-state index is -0.750. The van der Waals surface area contributed by atoms with Crippen LogP contribution in [0.2, 0.25) is 0 Å². The van der Waals surface area contributed by atoms with E-state index in [9.17, 15) is 14.0 Å². The third kappa shape index (κ3) is 4.01. The van der Waals surface area contributed by atoms with E-state index in [4.69, 9.17) is 9.47 Å². The van der Waals surface area contributed by atoms with E-state index in [2.05, 4.69) is 10.9 Å². The zero-order chi connectivity index (χ0) is 17.5. The minimum absolute atomic E-state index is 0.164. The topological polar surface area (TPSA) is 76.7 Å². The van der Waals surface area contributed by atoms with Gasteiger partial charge in [-0.05, 0) is 37.3 Å². The largest absolute Gasteiger partial charge is 0.493 e. The molecule has 7 heteroatoms. The first-order valence-electron chi connectivity index (χ1n) is 7.22. The zero-order valence-electron chi connectivity index (χ0n) is 13.3. The van der Waals surface area contributed by atoms with Gasteiger partial charge < -0.3 is 9.47 Å². The number of hydrogen-bond acceptors (Lipinski definition) is 4. The number of halogens is 1. The first-order chi connectivity index (χ1) is 11.6. The molecule has 0 fully saturated rings. The number of rotatable bonds is 5. The number of amides is 2. The maximum absolute atomic E-state index is 13.5. The normalized spacial score (nSPS) is 9.96. The molecule has 6 nitrogen and oxygen atoms in total. The van der Waals surface area contributed by atoms with Crippen molar-refractivity contribution in [3.8, 4) is 11.5 Å². The predicted octanol–water partition coefficient (Wildman–Crippen LogP) is 2.31. The molecule has 2 N–H and O–H groups in total. The summed E-state index contributed by atoms with van der Waals surface area (Å²) in [7, 11) is 1.49. The van der Waals surface area contributed by atoms with Crippen molar-refractivity contribution in [3.05, 3.63) is 59.4 Å². The molecular weight excluding hydrogens is 315 g/mol. The van der Waals surface area contributed by atoms with Crippen LogP contribution in [0.3, 0.4) is 0 Å². The van der Waals surface area contributed by atoms with Crippen LogP contribution in [0.1, 0.15) is 27.6 Å². The number of hydrogen-bond donors (Lipinski definition) is 2. The summed E-state index contributed by atoms with van der Waals surface area (Å²) in [5.41, 5.74) is 4.49. The lowest BCUT2D eigenvalue weighted by Gasteiger charge is -2.12. The van der Waals surface area contributed by atoms with Crippen LogP contribution in [0.5, 0.6) is 11.5 Å². The van der Waals surface area contributed by atoms with Crippen LogP contribution < -0.4 is 20.3 Å². The average Bonchev–Trinajstić information content (AvgIpc) is 2.60. The van der Waals surface area contributed by atoms with Gasteiger partial charge in [0.05, 0.1) is 19.3 Å². The first kappa shape index (κ1) is 17.3. The summed E-state index contributed by atoms with van der Waals surface area (Å²) >= 11 is 0. The first-order valence-corrected chi connectivity index (χ1v) is 7.22. The van der Waals surface area contributed by atoms with Crippen molar-refractivity contribution in [2.45, 2.75) is 6.92 Å². The van der Waals surface area contributed by atoms with Crippen LogP contribution in [0, 0.1) is 5.82 Å². The molecule has 0 atom stereocenters. The Bertz CT molecular complexity index is 749. The Hall–Kier alpha value is -3.09. The molecule has 24 heavy (non-hydrogen) atoms. The van der Waals surface area contributed by atoms with Crippen LogP contribution in [0.15, 0.2) is 42.5 Å². The number of nitrogens with one attached hydrogen (secondary N) is 2. The van der Waals surface area contributed by atoms with E-state index in [0.29, 0.717) is 18.1 Å². The number of methoxy groups -OCH3 is 1. The second-order valence-electron chi connectivity index (χ2n) is 4.69. The Kier molecular flexibility index (Phi) is 5.73. The van der Waals surface area contributed by atoms with Crippen molar-refractivity contribution >= 4 is 11.8 Å². The maximum Gasteiger partial charge on any atom is 0.272 e. The number of carbonyl (C=O) groups is 2. The summed E-state index contributed by atoms with van der Waals surface area (Å²) in [5, 5.41) is 0. The van der Waals surface area contributed by atoms with Gasteiger partial charge in [-0.2, -0.15) is 0 Å². The van der Waals surface area contributed by atoms with Crippen LogP contribution in [-0.2, 0) is 0 Å². The number of hydrazine groups is 1. The second kappa shape index (κ2) is 7.96. The molecule has 0 aliphatic heterocycles. The third-order valence-electron chi connectivity index (χ3n) is 3.13. The van der Waals surface area contributed by atoms with E-state index in [-0.39, 0.29) is 11.1 Å². The highest BCUT2D eigenvalue weighted by atomic mass is 19.1. The predicted molar refractivity (Wildman–Crippen MR) is 85.5 cm³/mol. The van der Waals surface area contributed by atoms with Crippen molar-refractivity contribution in [2.24, 2.45) is 0 Å². The lowest BCUT2D eigenvalue weighted by atomic mass is 10.2. The lowest BCUT2D eigenvalue weighted by Crippen LogP contribution is -2.41. The summed E-state index contributed by atoms with van der Waals surface area (Å²) in [5.74, 6) is -1.09. The Morgan fingerprint density at radius 3 is 2.42 bits per heavy atom. The molecule has 0 saturated carbocycles. The summed E-state index contributed by atoms with van der Waals surface area (Å²) in [6, 6.07) is 10.1. The van der Waals surface area contributed by atoms with Gasteiger partial charge in [-0.25, -0.2) is 4.39 Å². The van der Waals surface area contributed by atoms with Crippen molar-refractivity contribution in [2.75, 3.05) is 13.7 Å². The van der Waals surface area contributed by atoms with E-state index in [1.54, 1.807) is 13.0 Å². The highest BCUT2D eigenvalue weighted by Gasteiger charge is 2.14. The van der Waals surface area contributed by atoms with Gasteiger partial charge in [0.1, 0.15) is 5.82 Å². The molecular formula is C17H17FN2O4. The number of carbonyl (C=O) groups excluding carboxylic acids is 2. The van der Waals surface area contributed by atoms with Crippen molar-refractivity contribution < 1.29 is 23.5 Å². The molecule has 126 valence electrons. The average molecular weight is 332 g/mol. The van der Waals surface area contributed by atoms with Gasteiger partial charge in [0.2, 0.25) is 0 Å². The van der Waals surface area contributed by atoms with Gasteiger partial charge in [-0.1, -0.05) is 12.1 Å². The smallest absolute Gasteiger partial charge is 0.272 e. The third-order valence-corrected chi connectivity index (χ3v) is 3.13. The summed E-state index contributed by atoms with van der Waals surface area (Å²) in [6.07, 6.45) is 0. The van der Waals surface area contributed by atoms with Crippen LogP contribution in [0.4, 0.5) is 4.39 Å². The van der Waals surface area contributed by atoms with E-state index in [0.717, 1.165) is 6.07 Å². The molecule has 0 saturated heterocycles. The fourth-order valence-corrected chi connectivity index (χ4v) is 1.98. The van der Waals surface area contributed by atoms with Crippen LogP contribution >= 0.6 is 0 Å². The van der Waals surface area contributed by atoms with E-state index in [1.165, 1.54) is 37.4 Å². The molecule has 2 amide bonds. The van der Waals surface area contributed by atoms with Crippen molar-refractivity contribution in [3.63, 3.8) is 0 Å². The lowest BCUT2D eigenvalue weighted by molar-refractivity contribution is 0.0844. The molecule has 2 aromatic carbocycles. The van der Waals surface area contributed by atoms with Crippen molar-refractivity contribution in [1.29, 1.82) is 0 Å². The molecule has 0 aliphatic carbocycles.